The van der Waals surface area contributed by atoms with Crippen molar-refractivity contribution in [2.45, 2.75) is 0 Å². The Hall–Kier alpha value is -1.71. The highest BCUT2D eigenvalue weighted by Gasteiger charge is 2.04. The van der Waals surface area contributed by atoms with Crippen molar-refractivity contribution in [3.63, 3.8) is 0 Å². The summed E-state index contributed by atoms with van der Waals surface area (Å²) in [5.41, 5.74) is 2.01. The molecule has 56 valence electrons. The van der Waals surface area contributed by atoms with E-state index in [0.29, 0.717) is 0 Å². The summed E-state index contributed by atoms with van der Waals surface area (Å²) < 4.78 is 0. The van der Waals surface area contributed by atoms with Gasteiger partial charge in [0.1, 0.15) is 11.4 Å². The van der Waals surface area contributed by atoms with Gasteiger partial charge in [-0.15, -0.1) is 10.2 Å². The van der Waals surface area contributed by atoms with Crippen molar-refractivity contribution in [2.24, 2.45) is 10.2 Å². The van der Waals surface area contributed by atoms with Crippen LogP contribution in [0.5, 0.6) is 0 Å². The largest absolute Gasteiger partial charge is 0.483 e. The molecule has 0 fully saturated rings. The smallest absolute Gasteiger partial charge is 0.290 e. The van der Waals surface area contributed by atoms with E-state index >= 15 is 0 Å². The highest BCUT2D eigenvalue weighted by molar-refractivity contribution is 5.65. The number of fused-ring (bicyclic) bond motifs is 1. The van der Waals surface area contributed by atoms with Crippen molar-refractivity contribution in [1.82, 2.24) is 0 Å². The van der Waals surface area contributed by atoms with E-state index in [0.717, 1.165) is 11.4 Å². The second-order valence-electron chi connectivity index (χ2n) is 1.79. The molecule has 1 aromatic rings. The maximum absolute atomic E-state index is 8.36. The first-order valence-electron chi connectivity index (χ1n) is 2.97. The van der Waals surface area contributed by atoms with Gasteiger partial charge in [-0.3, -0.25) is 4.79 Å². The van der Waals surface area contributed by atoms with Crippen LogP contribution in [0.25, 0.3) is 0 Å². The number of azo groups is 1. The number of nitrogens with zero attached hydrogens (tertiary/aromatic N) is 2. The molecule has 1 aromatic carbocycles. The molecule has 1 heterocycles. The van der Waals surface area contributed by atoms with Crippen molar-refractivity contribution in [3.05, 3.63) is 24.3 Å². The Morgan fingerprint density at radius 1 is 1.18 bits per heavy atom. The maximum Gasteiger partial charge on any atom is 0.290 e. The topological polar surface area (TPSA) is 62.0 Å². The van der Waals surface area contributed by atoms with Gasteiger partial charge in [-0.1, -0.05) is 12.1 Å². The number of hydrogen-bond donors (Lipinski definition) is 1. The van der Waals surface area contributed by atoms with Gasteiger partial charge in [0.05, 0.1) is 0 Å². The third-order valence-electron chi connectivity index (χ3n) is 1.15. The lowest BCUT2D eigenvalue weighted by Crippen LogP contribution is -1.72. The van der Waals surface area contributed by atoms with Gasteiger partial charge in [-0.2, -0.15) is 0 Å². The number of rotatable bonds is 0. The molecule has 4 nitrogen and oxygen atoms in total. The van der Waals surface area contributed by atoms with E-state index in [1.165, 1.54) is 0 Å². The third kappa shape index (κ3) is 1.61. The zero-order valence-corrected chi connectivity index (χ0v) is 5.64. The predicted molar refractivity (Wildman–Crippen MR) is 39.3 cm³/mol. The molecule has 0 bridgehead atoms. The zero-order valence-electron chi connectivity index (χ0n) is 5.64. The number of carboxylic acid groups (broad SMARTS) is 1. The second-order valence-corrected chi connectivity index (χ2v) is 1.79. The Bertz CT molecular complexity index is 259. The first-order valence-corrected chi connectivity index (χ1v) is 2.97. The molecule has 1 aliphatic rings. The summed E-state index contributed by atoms with van der Waals surface area (Å²) in [5.74, 6) is 0. The molecule has 0 saturated heterocycles. The Morgan fingerprint density at radius 3 is 1.73 bits per heavy atom. The van der Waals surface area contributed by atoms with E-state index < -0.39 is 0 Å². The molecule has 0 saturated carbocycles. The van der Waals surface area contributed by atoms with E-state index in [4.69, 9.17) is 9.90 Å². The Balaban J connectivity index is 0.000000179. The van der Waals surface area contributed by atoms with Gasteiger partial charge in [0.15, 0.2) is 0 Å². The second kappa shape index (κ2) is 3.46. The van der Waals surface area contributed by atoms with E-state index in [1.54, 1.807) is 0 Å². The maximum atomic E-state index is 8.36. The summed E-state index contributed by atoms with van der Waals surface area (Å²) in [6.45, 7) is -0.250. The standard InChI is InChI=1S/C6H4N2.CH2O2/c1-2-4-6-5(3-1)7-8-6;2-1-3/h1-4H;1H,(H,2,3). The number of benzene rings is 1. The molecule has 2 rings (SSSR count). The minimum absolute atomic E-state index is 0.250. The van der Waals surface area contributed by atoms with Crippen molar-refractivity contribution in [2.75, 3.05) is 0 Å². The lowest BCUT2D eigenvalue weighted by Gasteiger charge is -2.03. The zero-order chi connectivity index (χ0) is 8.10. The quantitative estimate of drug-likeness (QED) is 0.584. The minimum atomic E-state index is -0.250. The first-order chi connectivity index (χ1) is 5.38. The number of carbonyl (C=O) groups is 1. The van der Waals surface area contributed by atoms with Crippen molar-refractivity contribution in [1.29, 1.82) is 0 Å². The molecule has 0 unspecified atom stereocenters. The van der Waals surface area contributed by atoms with Crippen molar-refractivity contribution in [3.8, 4) is 0 Å². The van der Waals surface area contributed by atoms with Crippen LogP contribution in [-0.2, 0) is 4.79 Å². The predicted octanol–water partition coefficient (Wildman–Crippen LogP) is 2.12. The van der Waals surface area contributed by atoms with Crippen LogP contribution in [0.3, 0.4) is 0 Å². The van der Waals surface area contributed by atoms with E-state index in [1.807, 2.05) is 24.3 Å². The fraction of sp³-hybridized carbons (Fsp3) is 0. The molecular weight excluding hydrogens is 144 g/mol. The molecule has 11 heavy (non-hydrogen) atoms. The van der Waals surface area contributed by atoms with Gasteiger partial charge in [0.25, 0.3) is 6.47 Å². The van der Waals surface area contributed by atoms with Gasteiger partial charge >= 0.3 is 0 Å². The fourth-order valence-electron chi connectivity index (χ4n) is 0.696. The molecule has 0 amide bonds. The molecule has 0 radical (unpaired) electrons. The van der Waals surface area contributed by atoms with Gasteiger partial charge in [0.2, 0.25) is 0 Å². The van der Waals surface area contributed by atoms with E-state index in [2.05, 4.69) is 10.2 Å². The summed E-state index contributed by atoms with van der Waals surface area (Å²) in [6.07, 6.45) is 0. The summed E-state index contributed by atoms with van der Waals surface area (Å²) in [5, 5.41) is 14.4. The SMILES string of the molecule is O=CO.c1ccc2c(c1)N=N2. The highest BCUT2D eigenvalue weighted by Crippen LogP contribution is 2.36. The molecular formula is C7H6N2O2. The van der Waals surface area contributed by atoms with Crippen molar-refractivity contribution < 1.29 is 9.90 Å². The molecule has 0 aromatic heterocycles. The monoisotopic (exact) mass is 150 g/mol. The molecule has 1 aliphatic heterocycles. The van der Waals surface area contributed by atoms with Gasteiger partial charge < -0.3 is 5.11 Å². The molecule has 0 atom stereocenters. The highest BCUT2D eigenvalue weighted by atomic mass is 16.3. The normalized spacial score (nSPS) is 10.2. The Morgan fingerprint density at radius 2 is 1.55 bits per heavy atom. The Kier molecular flexibility index (Phi) is 2.32. The van der Waals surface area contributed by atoms with Crippen LogP contribution in [0.15, 0.2) is 34.5 Å². The van der Waals surface area contributed by atoms with Gasteiger partial charge in [-0.25, -0.2) is 0 Å². The van der Waals surface area contributed by atoms with Gasteiger partial charge in [0, 0.05) is 0 Å². The third-order valence-corrected chi connectivity index (χ3v) is 1.15. The summed E-state index contributed by atoms with van der Waals surface area (Å²) in [7, 11) is 0. The summed E-state index contributed by atoms with van der Waals surface area (Å²) in [4.78, 5) is 8.36. The average Bonchev–Trinajstić information content (AvgIpc) is 1.94. The van der Waals surface area contributed by atoms with Crippen LogP contribution in [-0.4, -0.2) is 11.6 Å². The average molecular weight is 150 g/mol. The van der Waals surface area contributed by atoms with Crippen LogP contribution in [0.2, 0.25) is 0 Å². The van der Waals surface area contributed by atoms with Crippen LogP contribution >= 0.6 is 0 Å². The van der Waals surface area contributed by atoms with E-state index in [9.17, 15) is 0 Å². The van der Waals surface area contributed by atoms with Crippen LogP contribution in [0.4, 0.5) is 11.4 Å². The summed E-state index contributed by atoms with van der Waals surface area (Å²) >= 11 is 0. The molecule has 0 aliphatic carbocycles. The number of hydrogen-bond acceptors (Lipinski definition) is 3. The minimum Gasteiger partial charge on any atom is -0.483 e. The molecule has 4 heteroatoms. The molecule has 1 N–H and O–H groups in total. The van der Waals surface area contributed by atoms with Crippen LogP contribution in [0, 0.1) is 0 Å². The summed E-state index contributed by atoms with van der Waals surface area (Å²) in [6, 6.07) is 7.80. The van der Waals surface area contributed by atoms with Crippen molar-refractivity contribution >= 4 is 17.8 Å². The fourth-order valence-corrected chi connectivity index (χ4v) is 0.696. The first kappa shape index (κ1) is 7.40. The lowest BCUT2D eigenvalue weighted by atomic mass is 10.2. The lowest BCUT2D eigenvalue weighted by molar-refractivity contribution is -0.122. The van der Waals surface area contributed by atoms with E-state index in [-0.39, 0.29) is 6.47 Å². The Labute approximate surface area is 63.2 Å². The molecule has 0 spiro atoms. The van der Waals surface area contributed by atoms with Crippen LogP contribution < -0.4 is 0 Å². The van der Waals surface area contributed by atoms with Crippen LogP contribution in [0.1, 0.15) is 0 Å². The van der Waals surface area contributed by atoms with Gasteiger partial charge in [-0.05, 0) is 12.1 Å².